The molecule has 1 N–H and O–H groups in total. The summed E-state index contributed by atoms with van der Waals surface area (Å²) < 4.78 is 11.2. The van der Waals surface area contributed by atoms with E-state index in [1.54, 1.807) is 0 Å². The van der Waals surface area contributed by atoms with Gasteiger partial charge in [0.05, 0.1) is 12.3 Å². The molecule has 0 atom stereocenters. The summed E-state index contributed by atoms with van der Waals surface area (Å²) in [5.41, 5.74) is 2.18. The van der Waals surface area contributed by atoms with Gasteiger partial charge in [0.2, 0.25) is 0 Å². The molecular formula is C22H32IN5O2. The number of piperazine rings is 1. The first-order chi connectivity index (χ1) is 14.2. The van der Waals surface area contributed by atoms with Crippen LogP contribution in [-0.2, 0) is 13.1 Å². The third kappa shape index (κ3) is 6.34. The average Bonchev–Trinajstić information content (AvgIpc) is 3.49. The maximum atomic E-state index is 6.03. The van der Waals surface area contributed by atoms with Crippen LogP contribution in [0.4, 0.5) is 0 Å². The van der Waals surface area contributed by atoms with Gasteiger partial charge < -0.3 is 19.5 Å². The standard InChI is InChI=1S/C22H31N5O2.HI/c1-17-13-20(25-29-17)15-26-9-11-27(12-10-26)22(23-2)24-14-19-5-3-4-6-21(19)28-16-18-7-8-18;/h3-6,13,18H,7-12,14-16H2,1-2H3,(H,23,24);1H. The van der Waals surface area contributed by atoms with Crippen molar-refractivity contribution in [3.63, 3.8) is 0 Å². The monoisotopic (exact) mass is 525 g/mol. The lowest BCUT2D eigenvalue weighted by atomic mass is 10.2. The highest BCUT2D eigenvalue weighted by Gasteiger charge is 2.23. The summed E-state index contributed by atoms with van der Waals surface area (Å²) in [6.45, 7) is 8.15. The summed E-state index contributed by atoms with van der Waals surface area (Å²) in [5, 5.41) is 7.62. The van der Waals surface area contributed by atoms with Gasteiger partial charge in [-0.15, -0.1) is 24.0 Å². The van der Waals surface area contributed by atoms with Gasteiger partial charge >= 0.3 is 0 Å². The van der Waals surface area contributed by atoms with Crippen molar-refractivity contribution in [1.29, 1.82) is 0 Å². The quantitative estimate of drug-likeness (QED) is 0.340. The number of aromatic nitrogens is 1. The van der Waals surface area contributed by atoms with E-state index in [4.69, 9.17) is 9.26 Å². The number of rotatable bonds is 7. The third-order valence-electron chi connectivity index (χ3n) is 5.53. The third-order valence-corrected chi connectivity index (χ3v) is 5.53. The Hall–Kier alpha value is -1.81. The van der Waals surface area contributed by atoms with Crippen molar-refractivity contribution in [2.75, 3.05) is 39.8 Å². The SMILES string of the molecule is CN=C(NCc1ccccc1OCC1CC1)N1CCN(Cc2cc(C)on2)CC1.I. The molecule has 0 amide bonds. The summed E-state index contributed by atoms with van der Waals surface area (Å²) in [6, 6.07) is 10.3. The number of aliphatic imine (C=N–C) groups is 1. The zero-order chi connectivity index (χ0) is 20.1. The molecule has 2 aromatic rings. The highest BCUT2D eigenvalue weighted by Crippen LogP contribution is 2.30. The van der Waals surface area contributed by atoms with Crippen molar-refractivity contribution < 1.29 is 9.26 Å². The number of hydrogen-bond donors (Lipinski definition) is 1. The van der Waals surface area contributed by atoms with Crippen molar-refractivity contribution in [3.8, 4) is 5.75 Å². The second-order valence-corrected chi connectivity index (χ2v) is 7.95. The van der Waals surface area contributed by atoms with Gasteiger partial charge in [-0.3, -0.25) is 9.89 Å². The first-order valence-corrected chi connectivity index (χ1v) is 10.5. The van der Waals surface area contributed by atoms with Crippen molar-refractivity contribution >= 4 is 29.9 Å². The first-order valence-electron chi connectivity index (χ1n) is 10.5. The molecule has 0 spiro atoms. The normalized spacial score (nSPS) is 17.5. The number of guanidine groups is 1. The van der Waals surface area contributed by atoms with Crippen molar-refractivity contribution in [2.45, 2.75) is 32.9 Å². The summed E-state index contributed by atoms with van der Waals surface area (Å²) in [4.78, 5) is 9.22. The molecule has 8 heteroatoms. The first kappa shape index (κ1) is 22.9. The minimum absolute atomic E-state index is 0. The molecule has 1 aliphatic heterocycles. The van der Waals surface area contributed by atoms with Crippen molar-refractivity contribution in [3.05, 3.63) is 47.3 Å². The van der Waals surface area contributed by atoms with Crippen LogP contribution in [0.5, 0.6) is 5.75 Å². The second-order valence-electron chi connectivity index (χ2n) is 7.95. The molecule has 2 aliphatic rings. The Balaban J connectivity index is 0.00000256. The zero-order valence-electron chi connectivity index (χ0n) is 17.8. The lowest BCUT2D eigenvalue weighted by Gasteiger charge is -2.36. The Kier molecular flexibility index (Phi) is 8.38. The molecule has 1 saturated heterocycles. The van der Waals surface area contributed by atoms with Crippen LogP contribution in [-0.4, -0.2) is 60.7 Å². The number of para-hydroxylation sites is 1. The minimum Gasteiger partial charge on any atom is -0.493 e. The number of ether oxygens (including phenoxy) is 1. The van der Waals surface area contributed by atoms with Gasteiger partial charge in [0, 0.05) is 57.9 Å². The van der Waals surface area contributed by atoms with E-state index >= 15 is 0 Å². The van der Waals surface area contributed by atoms with E-state index in [0.717, 1.165) is 68.4 Å². The molecule has 4 rings (SSSR count). The maximum Gasteiger partial charge on any atom is 0.194 e. The van der Waals surface area contributed by atoms with Gasteiger partial charge in [-0.05, 0) is 31.7 Å². The average molecular weight is 525 g/mol. The number of nitrogens with zero attached hydrogens (tertiary/aromatic N) is 4. The molecular weight excluding hydrogens is 493 g/mol. The van der Waals surface area contributed by atoms with Crippen molar-refractivity contribution in [2.24, 2.45) is 10.9 Å². The fourth-order valence-corrected chi connectivity index (χ4v) is 3.63. The Morgan fingerprint density at radius 3 is 2.67 bits per heavy atom. The van der Waals surface area contributed by atoms with Crippen LogP contribution >= 0.6 is 24.0 Å². The van der Waals surface area contributed by atoms with E-state index < -0.39 is 0 Å². The summed E-state index contributed by atoms with van der Waals surface area (Å²) >= 11 is 0. The minimum atomic E-state index is 0. The van der Waals surface area contributed by atoms with Crippen LogP contribution in [0.25, 0.3) is 0 Å². The number of nitrogens with one attached hydrogen (secondary N) is 1. The van der Waals surface area contributed by atoms with Gasteiger partial charge in [0.1, 0.15) is 11.5 Å². The summed E-state index contributed by atoms with van der Waals surface area (Å²) in [7, 11) is 1.85. The fourth-order valence-electron chi connectivity index (χ4n) is 3.63. The number of halogens is 1. The molecule has 2 fully saturated rings. The Morgan fingerprint density at radius 1 is 1.23 bits per heavy atom. The van der Waals surface area contributed by atoms with Crippen molar-refractivity contribution in [1.82, 2.24) is 20.3 Å². The second kappa shape index (κ2) is 11.0. The smallest absolute Gasteiger partial charge is 0.194 e. The maximum absolute atomic E-state index is 6.03. The number of aryl methyl sites for hydroxylation is 1. The lowest BCUT2D eigenvalue weighted by molar-refractivity contribution is 0.169. The molecule has 7 nitrogen and oxygen atoms in total. The van der Waals surface area contributed by atoms with Crippen LogP contribution in [0.1, 0.15) is 29.9 Å². The van der Waals surface area contributed by atoms with Crippen LogP contribution in [0, 0.1) is 12.8 Å². The van der Waals surface area contributed by atoms with E-state index in [9.17, 15) is 0 Å². The van der Waals surface area contributed by atoms with E-state index in [0.29, 0.717) is 6.54 Å². The highest BCUT2D eigenvalue weighted by atomic mass is 127. The molecule has 2 heterocycles. The van der Waals surface area contributed by atoms with Gasteiger partial charge in [0.25, 0.3) is 0 Å². The Bertz CT molecular complexity index is 828. The Morgan fingerprint density at radius 2 is 2.00 bits per heavy atom. The Labute approximate surface area is 195 Å². The highest BCUT2D eigenvalue weighted by molar-refractivity contribution is 14.0. The topological polar surface area (TPSA) is 66.1 Å². The van der Waals surface area contributed by atoms with E-state index in [-0.39, 0.29) is 24.0 Å². The predicted molar refractivity (Wildman–Crippen MR) is 128 cm³/mol. The zero-order valence-corrected chi connectivity index (χ0v) is 20.2. The fraction of sp³-hybridized carbons (Fsp3) is 0.545. The van der Waals surface area contributed by atoms with E-state index in [1.165, 1.54) is 18.4 Å². The van der Waals surface area contributed by atoms with E-state index in [2.05, 4.69) is 43.5 Å². The van der Waals surface area contributed by atoms with Gasteiger partial charge in [-0.2, -0.15) is 0 Å². The van der Waals surface area contributed by atoms with Gasteiger partial charge in [-0.25, -0.2) is 0 Å². The summed E-state index contributed by atoms with van der Waals surface area (Å²) in [5.74, 6) is 3.54. The molecule has 1 aromatic carbocycles. The molecule has 164 valence electrons. The van der Waals surface area contributed by atoms with Crippen LogP contribution in [0.3, 0.4) is 0 Å². The van der Waals surface area contributed by atoms with E-state index in [1.807, 2.05) is 26.1 Å². The molecule has 0 radical (unpaired) electrons. The van der Waals surface area contributed by atoms with Crippen LogP contribution in [0.15, 0.2) is 39.8 Å². The predicted octanol–water partition coefficient (Wildman–Crippen LogP) is 3.28. The van der Waals surface area contributed by atoms with Gasteiger partial charge in [0.15, 0.2) is 5.96 Å². The molecule has 1 saturated carbocycles. The number of benzene rings is 1. The number of hydrogen-bond acceptors (Lipinski definition) is 5. The van der Waals surface area contributed by atoms with Crippen LogP contribution < -0.4 is 10.1 Å². The molecule has 30 heavy (non-hydrogen) atoms. The molecule has 0 bridgehead atoms. The van der Waals surface area contributed by atoms with Crippen LogP contribution in [0.2, 0.25) is 0 Å². The molecule has 1 aliphatic carbocycles. The summed E-state index contributed by atoms with van der Waals surface area (Å²) in [6.07, 6.45) is 2.60. The van der Waals surface area contributed by atoms with Gasteiger partial charge in [-0.1, -0.05) is 23.4 Å². The molecule has 0 unspecified atom stereocenters. The molecule has 1 aromatic heterocycles. The largest absolute Gasteiger partial charge is 0.493 e. The lowest BCUT2D eigenvalue weighted by Crippen LogP contribution is -2.52.